The molecule has 0 aliphatic heterocycles. The summed E-state index contributed by atoms with van der Waals surface area (Å²) in [6, 6.07) is 0. The van der Waals surface area contributed by atoms with Crippen LogP contribution in [-0.2, 0) is 0 Å². The zero-order valence-corrected chi connectivity index (χ0v) is 4.49. The van der Waals surface area contributed by atoms with Crippen molar-refractivity contribution in [1.82, 2.24) is 0 Å². The third-order valence-corrected chi connectivity index (χ3v) is 1.04. The van der Waals surface area contributed by atoms with E-state index in [0.717, 1.165) is 5.56 Å². The Morgan fingerprint density at radius 1 is 1.57 bits per heavy atom. The smallest absolute Gasteiger partial charge is 0.172 e. The molecular formula is C6H7O. The highest BCUT2D eigenvalue weighted by Gasteiger charge is 1.89. The second-order valence-electron chi connectivity index (χ2n) is 1.65. The van der Waals surface area contributed by atoms with Gasteiger partial charge in [0.2, 0.25) is 0 Å². The monoisotopic (exact) mass is 95.0 g/mol. The van der Waals surface area contributed by atoms with Crippen LogP contribution in [0, 0.1) is 20.1 Å². The van der Waals surface area contributed by atoms with E-state index in [1.165, 1.54) is 5.56 Å². The van der Waals surface area contributed by atoms with E-state index in [2.05, 4.69) is 6.26 Å². The summed E-state index contributed by atoms with van der Waals surface area (Å²) in [5, 5.41) is 0. The van der Waals surface area contributed by atoms with Crippen LogP contribution in [-0.4, -0.2) is 0 Å². The van der Waals surface area contributed by atoms with Gasteiger partial charge in [-0.1, -0.05) is 0 Å². The van der Waals surface area contributed by atoms with Gasteiger partial charge in [0.05, 0.1) is 6.26 Å². The molecule has 1 heterocycles. The van der Waals surface area contributed by atoms with Gasteiger partial charge in [0.1, 0.15) is 0 Å². The van der Waals surface area contributed by atoms with E-state index in [1.807, 2.05) is 13.8 Å². The van der Waals surface area contributed by atoms with Gasteiger partial charge in [-0.25, -0.2) is 0 Å². The first-order valence-electron chi connectivity index (χ1n) is 2.23. The SMILES string of the molecule is Cc1[c]occ1C. The Morgan fingerprint density at radius 2 is 2.29 bits per heavy atom. The second-order valence-corrected chi connectivity index (χ2v) is 1.65. The minimum atomic E-state index is 1.10. The Morgan fingerprint density at radius 3 is 2.43 bits per heavy atom. The Hall–Kier alpha value is -0.720. The molecule has 0 saturated carbocycles. The Kier molecular flexibility index (Phi) is 0.895. The molecule has 0 spiro atoms. The summed E-state index contributed by atoms with van der Waals surface area (Å²) in [5.74, 6) is 0. The fourth-order valence-electron chi connectivity index (χ4n) is 0.375. The van der Waals surface area contributed by atoms with Gasteiger partial charge in [-0.05, 0) is 19.4 Å². The summed E-state index contributed by atoms with van der Waals surface area (Å²) in [7, 11) is 0. The normalized spacial score (nSPS) is 9.43. The maximum atomic E-state index is 4.72. The van der Waals surface area contributed by atoms with E-state index >= 15 is 0 Å². The molecule has 1 heteroatoms. The highest BCUT2D eigenvalue weighted by atomic mass is 16.3. The molecular weight excluding hydrogens is 88.1 g/mol. The lowest BCUT2D eigenvalue weighted by Crippen LogP contribution is -1.64. The average molecular weight is 95.1 g/mol. The molecule has 1 aromatic heterocycles. The van der Waals surface area contributed by atoms with Gasteiger partial charge in [-0.15, -0.1) is 0 Å². The predicted octanol–water partition coefficient (Wildman–Crippen LogP) is 1.70. The molecule has 0 aromatic carbocycles. The van der Waals surface area contributed by atoms with Crippen LogP contribution >= 0.6 is 0 Å². The van der Waals surface area contributed by atoms with Crippen LogP contribution in [0.2, 0.25) is 0 Å². The third kappa shape index (κ3) is 0.660. The number of hydrogen-bond donors (Lipinski definition) is 0. The molecule has 1 nitrogen and oxygen atoms in total. The molecule has 0 saturated heterocycles. The van der Waals surface area contributed by atoms with Crippen molar-refractivity contribution in [3.63, 3.8) is 0 Å². The van der Waals surface area contributed by atoms with Crippen LogP contribution in [0.25, 0.3) is 0 Å². The van der Waals surface area contributed by atoms with Crippen LogP contribution in [0.15, 0.2) is 10.7 Å². The van der Waals surface area contributed by atoms with Crippen molar-refractivity contribution in [2.75, 3.05) is 0 Å². The molecule has 0 unspecified atom stereocenters. The summed E-state index contributed by atoms with van der Waals surface area (Å²) in [5.41, 5.74) is 2.26. The van der Waals surface area contributed by atoms with Gasteiger partial charge in [0.25, 0.3) is 0 Å². The molecule has 0 bridgehead atoms. The molecule has 1 aromatic rings. The van der Waals surface area contributed by atoms with E-state index in [4.69, 9.17) is 4.42 Å². The van der Waals surface area contributed by atoms with E-state index < -0.39 is 0 Å². The van der Waals surface area contributed by atoms with Crippen LogP contribution in [0.3, 0.4) is 0 Å². The molecule has 0 aliphatic carbocycles. The maximum absolute atomic E-state index is 4.72. The minimum Gasteiger partial charge on any atom is -0.460 e. The molecule has 0 fully saturated rings. The predicted molar refractivity (Wildman–Crippen MR) is 27.0 cm³/mol. The maximum Gasteiger partial charge on any atom is 0.172 e. The molecule has 0 N–H and O–H groups in total. The first kappa shape index (κ1) is 4.44. The lowest BCUT2D eigenvalue weighted by Gasteiger charge is -1.75. The van der Waals surface area contributed by atoms with Crippen molar-refractivity contribution in [1.29, 1.82) is 0 Å². The quantitative estimate of drug-likeness (QED) is 0.478. The van der Waals surface area contributed by atoms with Crippen molar-refractivity contribution in [3.8, 4) is 0 Å². The molecule has 1 radical (unpaired) electrons. The van der Waals surface area contributed by atoms with Gasteiger partial charge in [0.15, 0.2) is 6.26 Å². The summed E-state index contributed by atoms with van der Waals surface area (Å²) in [6.45, 7) is 3.97. The van der Waals surface area contributed by atoms with E-state index in [9.17, 15) is 0 Å². The molecule has 37 valence electrons. The number of rotatable bonds is 0. The van der Waals surface area contributed by atoms with E-state index in [0.29, 0.717) is 0 Å². The minimum absolute atomic E-state index is 1.10. The van der Waals surface area contributed by atoms with Crippen molar-refractivity contribution in [2.24, 2.45) is 0 Å². The largest absolute Gasteiger partial charge is 0.460 e. The van der Waals surface area contributed by atoms with Gasteiger partial charge < -0.3 is 4.42 Å². The summed E-state index contributed by atoms with van der Waals surface area (Å²) in [6.07, 6.45) is 4.38. The lowest BCUT2D eigenvalue weighted by molar-refractivity contribution is 0.554. The number of furan rings is 1. The van der Waals surface area contributed by atoms with Crippen molar-refractivity contribution in [3.05, 3.63) is 23.7 Å². The number of hydrogen-bond acceptors (Lipinski definition) is 1. The average Bonchev–Trinajstić information content (AvgIpc) is 1.91. The van der Waals surface area contributed by atoms with Crippen molar-refractivity contribution in [2.45, 2.75) is 13.8 Å². The van der Waals surface area contributed by atoms with Gasteiger partial charge in [-0.2, -0.15) is 0 Å². The molecule has 7 heavy (non-hydrogen) atoms. The standard InChI is InChI=1S/C6H7O/c1-5-3-7-4-6(5)2/h3H,1-2H3. The Balaban J connectivity index is 3.12. The fraction of sp³-hybridized carbons (Fsp3) is 0.333. The van der Waals surface area contributed by atoms with Gasteiger partial charge >= 0.3 is 0 Å². The zero-order valence-electron chi connectivity index (χ0n) is 4.49. The van der Waals surface area contributed by atoms with Crippen LogP contribution in [0.1, 0.15) is 11.1 Å². The van der Waals surface area contributed by atoms with Crippen molar-refractivity contribution >= 4 is 0 Å². The van der Waals surface area contributed by atoms with Crippen molar-refractivity contribution < 1.29 is 4.42 Å². The topological polar surface area (TPSA) is 13.1 Å². The van der Waals surface area contributed by atoms with Crippen LogP contribution in [0.4, 0.5) is 0 Å². The molecule has 0 atom stereocenters. The summed E-state index contributed by atoms with van der Waals surface area (Å²) < 4.78 is 4.72. The second kappa shape index (κ2) is 1.41. The first-order valence-corrected chi connectivity index (χ1v) is 2.23. The molecule has 0 aliphatic rings. The first-order chi connectivity index (χ1) is 3.30. The molecule has 0 amide bonds. The highest BCUT2D eigenvalue weighted by Crippen LogP contribution is 2.03. The van der Waals surface area contributed by atoms with Crippen LogP contribution < -0.4 is 0 Å². The van der Waals surface area contributed by atoms with Gasteiger partial charge in [-0.3, -0.25) is 0 Å². The lowest BCUT2D eigenvalue weighted by atomic mass is 10.2. The summed E-state index contributed by atoms with van der Waals surface area (Å²) >= 11 is 0. The summed E-state index contributed by atoms with van der Waals surface area (Å²) in [4.78, 5) is 0. The van der Waals surface area contributed by atoms with Gasteiger partial charge in [0, 0.05) is 5.56 Å². The zero-order chi connectivity index (χ0) is 5.28. The van der Waals surface area contributed by atoms with Crippen LogP contribution in [0.5, 0.6) is 0 Å². The Labute approximate surface area is 43.0 Å². The Bertz CT molecular complexity index is 136. The fourth-order valence-corrected chi connectivity index (χ4v) is 0.375. The number of aryl methyl sites for hydroxylation is 2. The third-order valence-electron chi connectivity index (χ3n) is 1.04. The van der Waals surface area contributed by atoms with E-state index in [1.54, 1.807) is 6.26 Å². The van der Waals surface area contributed by atoms with E-state index in [-0.39, 0.29) is 0 Å². The molecule has 1 rings (SSSR count). The highest BCUT2D eigenvalue weighted by molar-refractivity contribution is 5.14.